The van der Waals surface area contributed by atoms with Gasteiger partial charge in [-0.25, -0.2) is 4.98 Å². The molecule has 8 heteroatoms. The van der Waals surface area contributed by atoms with E-state index < -0.39 is 0 Å². The summed E-state index contributed by atoms with van der Waals surface area (Å²) in [5.74, 6) is 0.815. The van der Waals surface area contributed by atoms with Crippen LogP contribution in [-0.4, -0.2) is 40.4 Å². The molecule has 1 unspecified atom stereocenters. The van der Waals surface area contributed by atoms with E-state index in [-0.39, 0.29) is 30.0 Å². The molecule has 1 atom stereocenters. The molecule has 2 N–H and O–H groups in total. The first-order chi connectivity index (χ1) is 14.4. The van der Waals surface area contributed by atoms with Crippen molar-refractivity contribution in [3.63, 3.8) is 0 Å². The maximum absolute atomic E-state index is 4.78. The van der Waals surface area contributed by atoms with E-state index in [1.54, 1.807) is 18.4 Å². The van der Waals surface area contributed by atoms with Gasteiger partial charge in [0.15, 0.2) is 5.96 Å². The van der Waals surface area contributed by atoms with Gasteiger partial charge in [0.05, 0.1) is 11.4 Å². The van der Waals surface area contributed by atoms with Crippen molar-refractivity contribution < 1.29 is 0 Å². The quantitative estimate of drug-likeness (QED) is 0.259. The number of hydrogen-bond acceptors (Lipinski definition) is 4. The summed E-state index contributed by atoms with van der Waals surface area (Å²) in [7, 11) is 3.80. The summed E-state index contributed by atoms with van der Waals surface area (Å²) in [6.07, 6.45) is 1.77. The third-order valence-electron chi connectivity index (χ3n) is 5.30. The highest BCUT2D eigenvalue weighted by Gasteiger charge is 2.14. The van der Waals surface area contributed by atoms with Crippen molar-refractivity contribution in [1.82, 2.24) is 25.4 Å². The van der Waals surface area contributed by atoms with Crippen molar-refractivity contribution in [2.24, 2.45) is 12.0 Å². The van der Waals surface area contributed by atoms with E-state index in [9.17, 15) is 0 Å². The van der Waals surface area contributed by atoms with Crippen LogP contribution in [0.2, 0.25) is 0 Å². The second-order valence-corrected chi connectivity index (χ2v) is 8.64. The largest absolute Gasteiger partial charge is 0.356 e. The molecule has 0 aliphatic carbocycles. The topological polar surface area (TPSA) is 67.1 Å². The van der Waals surface area contributed by atoms with Crippen LogP contribution in [0.3, 0.4) is 0 Å². The average molecular weight is 553 g/mol. The summed E-state index contributed by atoms with van der Waals surface area (Å²) in [6, 6.07) is 8.78. The lowest BCUT2D eigenvalue weighted by molar-refractivity contribution is 0.635. The molecule has 0 spiro atoms. The van der Waals surface area contributed by atoms with Gasteiger partial charge in [-0.05, 0) is 39.7 Å². The zero-order chi connectivity index (χ0) is 21.7. The molecular weight excluding hydrogens is 519 g/mol. The van der Waals surface area contributed by atoms with Crippen molar-refractivity contribution in [2.45, 2.75) is 46.6 Å². The second-order valence-electron chi connectivity index (χ2n) is 7.78. The molecule has 0 saturated carbocycles. The maximum Gasteiger partial charge on any atom is 0.191 e. The first kappa shape index (κ1) is 25.3. The summed E-state index contributed by atoms with van der Waals surface area (Å²) >= 11 is 1.70. The molecule has 0 amide bonds. The summed E-state index contributed by atoms with van der Waals surface area (Å²) < 4.78 is 1.95. The van der Waals surface area contributed by atoms with E-state index >= 15 is 0 Å². The summed E-state index contributed by atoms with van der Waals surface area (Å²) in [4.78, 5) is 9.15. The zero-order valence-electron chi connectivity index (χ0n) is 19.2. The van der Waals surface area contributed by atoms with Crippen molar-refractivity contribution in [3.8, 4) is 10.6 Å². The minimum Gasteiger partial charge on any atom is -0.356 e. The SMILES string of the molecule is CN=C(NCCc1csc(-c2ccc(C)cc2)n1)NC(C)Cc1c(C)nn(C)c1C.I. The molecule has 0 radical (unpaired) electrons. The fourth-order valence-electron chi connectivity index (χ4n) is 3.46. The van der Waals surface area contributed by atoms with Gasteiger partial charge in [0.25, 0.3) is 0 Å². The van der Waals surface area contributed by atoms with Crippen LogP contribution in [0.5, 0.6) is 0 Å². The monoisotopic (exact) mass is 552 g/mol. The van der Waals surface area contributed by atoms with Crippen LogP contribution in [0, 0.1) is 20.8 Å². The van der Waals surface area contributed by atoms with Crippen LogP contribution < -0.4 is 10.6 Å². The van der Waals surface area contributed by atoms with Crippen LogP contribution in [0.25, 0.3) is 10.6 Å². The van der Waals surface area contributed by atoms with E-state index in [4.69, 9.17) is 4.98 Å². The molecule has 168 valence electrons. The molecule has 6 nitrogen and oxygen atoms in total. The minimum absolute atomic E-state index is 0. The van der Waals surface area contributed by atoms with Gasteiger partial charge in [-0.15, -0.1) is 35.3 Å². The van der Waals surface area contributed by atoms with Crippen LogP contribution in [0.4, 0.5) is 0 Å². The van der Waals surface area contributed by atoms with E-state index in [2.05, 4.69) is 78.1 Å². The summed E-state index contributed by atoms with van der Waals surface area (Å²) in [6.45, 7) is 9.25. The van der Waals surface area contributed by atoms with Gasteiger partial charge in [-0.1, -0.05) is 29.8 Å². The Labute approximate surface area is 206 Å². The summed E-state index contributed by atoms with van der Waals surface area (Å²) in [5.41, 5.74) is 7.17. The molecule has 0 aliphatic rings. The lowest BCUT2D eigenvalue weighted by Gasteiger charge is -2.18. The average Bonchev–Trinajstić information content (AvgIpc) is 3.28. The number of benzene rings is 1. The standard InChI is InChI=1S/C23H32N6S.HI/c1-15-7-9-19(10-8-15)22-27-20(14-30-22)11-12-25-23(24-5)26-16(2)13-21-17(3)28-29(6)18(21)4;/h7-10,14,16H,11-13H2,1-6H3,(H2,24,25,26);1H. The van der Waals surface area contributed by atoms with Gasteiger partial charge in [0.1, 0.15) is 5.01 Å². The smallest absolute Gasteiger partial charge is 0.191 e. The third kappa shape index (κ3) is 6.77. The Balaban J connectivity index is 0.00000341. The zero-order valence-corrected chi connectivity index (χ0v) is 22.3. The molecule has 31 heavy (non-hydrogen) atoms. The lowest BCUT2D eigenvalue weighted by atomic mass is 10.1. The van der Waals surface area contributed by atoms with E-state index in [1.165, 1.54) is 22.4 Å². The normalized spacial score (nSPS) is 12.4. The fraction of sp³-hybridized carbons (Fsp3) is 0.435. The molecule has 1 aromatic carbocycles. The van der Waals surface area contributed by atoms with E-state index in [0.29, 0.717) is 0 Å². The lowest BCUT2D eigenvalue weighted by Crippen LogP contribution is -2.43. The highest BCUT2D eigenvalue weighted by atomic mass is 127. The molecule has 2 heterocycles. The van der Waals surface area contributed by atoms with Crippen LogP contribution >= 0.6 is 35.3 Å². The second kappa shape index (κ2) is 11.6. The Morgan fingerprint density at radius 3 is 2.52 bits per heavy atom. The molecule has 2 aromatic heterocycles. The number of nitrogens with one attached hydrogen (secondary N) is 2. The molecule has 3 rings (SSSR count). The molecule has 0 fully saturated rings. The molecular formula is C23H33IN6S. The van der Waals surface area contributed by atoms with Crippen LogP contribution in [0.15, 0.2) is 34.6 Å². The number of aromatic nitrogens is 3. The highest BCUT2D eigenvalue weighted by Crippen LogP contribution is 2.24. The number of aliphatic imine (C=N–C) groups is 1. The van der Waals surface area contributed by atoms with Gasteiger partial charge in [-0.2, -0.15) is 5.10 Å². The number of guanidine groups is 1. The van der Waals surface area contributed by atoms with Gasteiger partial charge in [0, 0.05) is 49.7 Å². The summed E-state index contributed by atoms with van der Waals surface area (Å²) in [5, 5.41) is 14.6. The predicted molar refractivity (Wildman–Crippen MR) is 142 cm³/mol. The van der Waals surface area contributed by atoms with Gasteiger partial charge < -0.3 is 10.6 Å². The Bertz CT molecular complexity index is 1010. The van der Waals surface area contributed by atoms with Gasteiger partial charge in [-0.3, -0.25) is 9.67 Å². The van der Waals surface area contributed by atoms with E-state index in [1.807, 2.05) is 11.7 Å². The number of thiazole rings is 1. The van der Waals surface area contributed by atoms with Gasteiger partial charge in [0.2, 0.25) is 0 Å². The first-order valence-corrected chi connectivity index (χ1v) is 11.2. The van der Waals surface area contributed by atoms with E-state index in [0.717, 1.165) is 41.7 Å². The van der Waals surface area contributed by atoms with Crippen molar-refractivity contribution in [2.75, 3.05) is 13.6 Å². The van der Waals surface area contributed by atoms with Crippen molar-refractivity contribution in [1.29, 1.82) is 0 Å². The Morgan fingerprint density at radius 2 is 1.90 bits per heavy atom. The molecule has 3 aromatic rings. The number of nitrogens with zero attached hydrogens (tertiary/aromatic N) is 4. The van der Waals surface area contributed by atoms with Crippen LogP contribution in [-0.2, 0) is 19.9 Å². The highest BCUT2D eigenvalue weighted by molar-refractivity contribution is 14.0. The fourth-order valence-corrected chi connectivity index (χ4v) is 4.32. The Kier molecular flexibility index (Phi) is 9.49. The number of aryl methyl sites for hydroxylation is 3. The maximum atomic E-state index is 4.78. The first-order valence-electron chi connectivity index (χ1n) is 10.3. The number of halogens is 1. The van der Waals surface area contributed by atoms with Crippen molar-refractivity contribution in [3.05, 3.63) is 57.9 Å². The van der Waals surface area contributed by atoms with Gasteiger partial charge >= 0.3 is 0 Å². The molecule has 0 bridgehead atoms. The van der Waals surface area contributed by atoms with Crippen molar-refractivity contribution >= 4 is 41.3 Å². The third-order valence-corrected chi connectivity index (χ3v) is 6.24. The Hall–Kier alpha value is -1.94. The molecule has 0 saturated heterocycles. The number of rotatable bonds is 7. The van der Waals surface area contributed by atoms with Crippen LogP contribution in [0.1, 0.15) is 35.1 Å². The predicted octanol–water partition coefficient (Wildman–Crippen LogP) is 4.43. The minimum atomic E-state index is 0. The Morgan fingerprint density at radius 1 is 1.19 bits per heavy atom. The molecule has 0 aliphatic heterocycles. The number of hydrogen-bond donors (Lipinski definition) is 2.